The van der Waals surface area contributed by atoms with Crippen molar-refractivity contribution in [1.82, 2.24) is 4.98 Å². The maximum absolute atomic E-state index is 11.5. The van der Waals surface area contributed by atoms with Crippen molar-refractivity contribution in [3.8, 4) is 11.1 Å². The highest BCUT2D eigenvalue weighted by molar-refractivity contribution is 7.92. The fourth-order valence-corrected chi connectivity index (χ4v) is 2.15. The molecule has 1 aromatic carbocycles. The van der Waals surface area contributed by atoms with E-state index in [1.165, 1.54) is 6.20 Å². The lowest BCUT2D eigenvalue weighted by molar-refractivity contribution is 0.602. The van der Waals surface area contributed by atoms with Crippen molar-refractivity contribution in [2.24, 2.45) is 0 Å². The molecule has 0 aliphatic rings. The Kier molecular flexibility index (Phi) is 3.62. The van der Waals surface area contributed by atoms with Crippen LogP contribution in [0, 0.1) is 0 Å². The summed E-state index contributed by atoms with van der Waals surface area (Å²) in [5.41, 5.74) is 2.37. The van der Waals surface area contributed by atoms with E-state index in [1.807, 2.05) is 30.3 Å². The van der Waals surface area contributed by atoms with Gasteiger partial charge in [0.1, 0.15) is 0 Å². The highest BCUT2D eigenvalue weighted by atomic mass is 32.2. The molecule has 0 saturated carbocycles. The Bertz CT molecular complexity index is 624. The van der Waals surface area contributed by atoms with Crippen molar-refractivity contribution in [3.63, 3.8) is 0 Å². The number of anilines is 1. The van der Waals surface area contributed by atoms with Crippen LogP contribution in [0.3, 0.4) is 0 Å². The highest BCUT2D eigenvalue weighted by Gasteiger charge is 2.07. The van der Waals surface area contributed by atoms with Crippen LogP contribution in [-0.4, -0.2) is 19.2 Å². The molecule has 0 aliphatic heterocycles. The van der Waals surface area contributed by atoms with Crippen LogP contribution in [-0.2, 0) is 10.0 Å². The normalized spacial score (nSPS) is 11.2. The van der Waals surface area contributed by atoms with E-state index in [0.29, 0.717) is 5.69 Å². The number of pyridine rings is 1. The Morgan fingerprint density at radius 1 is 1.11 bits per heavy atom. The Morgan fingerprint density at radius 3 is 2.50 bits per heavy atom. The highest BCUT2D eigenvalue weighted by Crippen LogP contribution is 2.21. The Morgan fingerprint density at radius 2 is 1.83 bits per heavy atom. The number of nitrogens with one attached hydrogen (secondary N) is 1. The molecule has 0 atom stereocenters. The third-order valence-corrected chi connectivity index (χ3v) is 3.81. The van der Waals surface area contributed by atoms with Gasteiger partial charge in [0.2, 0.25) is 10.0 Å². The summed E-state index contributed by atoms with van der Waals surface area (Å²) < 4.78 is 25.4. The second-order valence-electron chi connectivity index (χ2n) is 3.83. The van der Waals surface area contributed by atoms with Gasteiger partial charge < -0.3 is 0 Å². The van der Waals surface area contributed by atoms with Crippen LogP contribution in [0.25, 0.3) is 11.1 Å². The molecule has 4 nitrogen and oxygen atoms in total. The van der Waals surface area contributed by atoms with Crippen molar-refractivity contribution >= 4 is 15.7 Å². The molecule has 0 saturated heterocycles. The number of sulfonamides is 1. The van der Waals surface area contributed by atoms with Gasteiger partial charge in [-0.3, -0.25) is 9.71 Å². The Labute approximate surface area is 107 Å². The standard InChI is InChI=1S/C13H14N2O2S/c1-2-18(16,17)15-13-8-12(9-14-10-13)11-6-4-3-5-7-11/h3-10,15H,2H2,1H3. The Hall–Kier alpha value is -1.88. The monoisotopic (exact) mass is 262 g/mol. The summed E-state index contributed by atoms with van der Waals surface area (Å²) in [6.07, 6.45) is 3.21. The van der Waals surface area contributed by atoms with Gasteiger partial charge >= 0.3 is 0 Å². The molecule has 0 fully saturated rings. The van der Waals surface area contributed by atoms with Gasteiger partial charge in [-0.15, -0.1) is 0 Å². The summed E-state index contributed by atoms with van der Waals surface area (Å²) in [4.78, 5) is 4.05. The van der Waals surface area contributed by atoms with E-state index in [2.05, 4.69) is 9.71 Å². The van der Waals surface area contributed by atoms with E-state index in [4.69, 9.17) is 0 Å². The van der Waals surface area contributed by atoms with E-state index in [9.17, 15) is 8.42 Å². The van der Waals surface area contributed by atoms with Crippen molar-refractivity contribution < 1.29 is 8.42 Å². The van der Waals surface area contributed by atoms with Gasteiger partial charge in [0.15, 0.2) is 0 Å². The van der Waals surface area contributed by atoms with E-state index in [0.717, 1.165) is 11.1 Å². The summed E-state index contributed by atoms with van der Waals surface area (Å²) in [6.45, 7) is 1.59. The largest absolute Gasteiger partial charge is 0.282 e. The number of hydrogen-bond donors (Lipinski definition) is 1. The minimum absolute atomic E-state index is 0.0442. The van der Waals surface area contributed by atoms with E-state index < -0.39 is 10.0 Å². The summed E-state index contributed by atoms with van der Waals surface area (Å²) in [5, 5.41) is 0. The zero-order valence-corrected chi connectivity index (χ0v) is 10.8. The van der Waals surface area contributed by atoms with Crippen LogP contribution in [0.15, 0.2) is 48.8 Å². The number of aromatic nitrogens is 1. The van der Waals surface area contributed by atoms with Gasteiger partial charge in [-0.2, -0.15) is 0 Å². The fraction of sp³-hybridized carbons (Fsp3) is 0.154. The molecular weight excluding hydrogens is 248 g/mol. The first-order valence-electron chi connectivity index (χ1n) is 5.62. The van der Waals surface area contributed by atoms with Gasteiger partial charge in [0.25, 0.3) is 0 Å². The fourth-order valence-electron chi connectivity index (χ4n) is 1.54. The topological polar surface area (TPSA) is 59.1 Å². The molecule has 0 amide bonds. The molecule has 0 radical (unpaired) electrons. The summed E-state index contributed by atoms with van der Waals surface area (Å²) in [5.74, 6) is 0.0442. The van der Waals surface area contributed by atoms with Crippen molar-refractivity contribution in [1.29, 1.82) is 0 Å². The zero-order chi connectivity index (χ0) is 13.0. The van der Waals surface area contributed by atoms with Gasteiger partial charge in [-0.1, -0.05) is 30.3 Å². The molecule has 0 unspecified atom stereocenters. The van der Waals surface area contributed by atoms with Gasteiger partial charge in [0, 0.05) is 11.8 Å². The maximum atomic E-state index is 11.5. The molecule has 1 N–H and O–H groups in total. The summed E-state index contributed by atoms with van der Waals surface area (Å²) in [7, 11) is -3.26. The van der Waals surface area contributed by atoms with Crippen LogP contribution in [0.5, 0.6) is 0 Å². The molecular formula is C13H14N2O2S. The minimum Gasteiger partial charge on any atom is -0.282 e. The molecule has 0 spiro atoms. The molecule has 5 heteroatoms. The molecule has 0 bridgehead atoms. The predicted molar refractivity (Wildman–Crippen MR) is 72.8 cm³/mol. The third-order valence-electron chi connectivity index (χ3n) is 2.50. The Balaban J connectivity index is 2.32. The number of nitrogens with zero attached hydrogens (tertiary/aromatic N) is 1. The van der Waals surface area contributed by atoms with E-state index >= 15 is 0 Å². The van der Waals surface area contributed by atoms with Crippen LogP contribution >= 0.6 is 0 Å². The van der Waals surface area contributed by atoms with E-state index in [1.54, 1.807) is 19.2 Å². The summed E-state index contributed by atoms with van der Waals surface area (Å²) in [6, 6.07) is 11.5. The van der Waals surface area contributed by atoms with Gasteiger partial charge in [-0.05, 0) is 18.6 Å². The minimum atomic E-state index is -3.26. The number of benzene rings is 1. The first kappa shape index (κ1) is 12.6. The average Bonchev–Trinajstić information content (AvgIpc) is 2.40. The second kappa shape index (κ2) is 5.18. The second-order valence-corrected chi connectivity index (χ2v) is 5.84. The first-order chi connectivity index (χ1) is 8.61. The zero-order valence-electron chi connectivity index (χ0n) is 10.00. The molecule has 2 rings (SSSR count). The molecule has 1 heterocycles. The van der Waals surface area contributed by atoms with Crippen LogP contribution in [0.4, 0.5) is 5.69 Å². The first-order valence-corrected chi connectivity index (χ1v) is 7.27. The number of hydrogen-bond acceptors (Lipinski definition) is 3. The van der Waals surface area contributed by atoms with Gasteiger partial charge in [0.05, 0.1) is 17.6 Å². The maximum Gasteiger partial charge on any atom is 0.232 e. The quantitative estimate of drug-likeness (QED) is 0.921. The third kappa shape index (κ3) is 3.07. The van der Waals surface area contributed by atoms with Crippen molar-refractivity contribution in [2.75, 3.05) is 10.5 Å². The van der Waals surface area contributed by atoms with Crippen LogP contribution in [0.1, 0.15) is 6.92 Å². The lowest BCUT2D eigenvalue weighted by Gasteiger charge is -2.07. The van der Waals surface area contributed by atoms with Gasteiger partial charge in [-0.25, -0.2) is 8.42 Å². The molecule has 2 aromatic rings. The lowest BCUT2D eigenvalue weighted by atomic mass is 10.1. The van der Waals surface area contributed by atoms with E-state index in [-0.39, 0.29) is 5.75 Å². The SMILES string of the molecule is CCS(=O)(=O)Nc1cncc(-c2ccccc2)c1. The summed E-state index contributed by atoms with van der Waals surface area (Å²) >= 11 is 0. The number of rotatable bonds is 4. The van der Waals surface area contributed by atoms with Crippen LogP contribution < -0.4 is 4.72 Å². The molecule has 0 aliphatic carbocycles. The molecule has 94 valence electrons. The van der Waals surface area contributed by atoms with Crippen molar-refractivity contribution in [3.05, 3.63) is 48.8 Å². The molecule has 1 aromatic heterocycles. The predicted octanol–water partition coefficient (Wildman–Crippen LogP) is 2.51. The van der Waals surface area contributed by atoms with Crippen molar-refractivity contribution in [2.45, 2.75) is 6.92 Å². The molecule has 18 heavy (non-hydrogen) atoms. The lowest BCUT2D eigenvalue weighted by Crippen LogP contribution is -2.14. The average molecular weight is 262 g/mol. The smallest absolute Gasteiger partial charge is 0.232 e. The van der Waals surface area contributed by atoms with Crippen LogP contribution in [0.2, 0.25) is 0 Å².